The van der Waals surface area contributed by atoms with Gasteiger partial charge in [0.25, 0.3) is 0 Å². The average molecular weight is 476 g/mol. The van der Waals surface area contributed by atoms with Crippen LogP contribution in [0.25, 0.3) is 0 Å². The zero-order valence-electron chi connectivity index (χ0n) is 17.5. The van der Waals surface area contributed by atoms with Gasteiger partial charge in [0, 0.05) is 48.3 Å². The molecule has 0 aliphatic heterocycles. The maximum absolute atomic E-state index is 11.1. The second-order valence-corrected chi connectivity index (χ2v) is 7.90. The fourth-order valence-corrected chi connectivity index (χ4v) is 3.63. The van der Waals surface area contributed by atoms with E-state index in [0.717, 1.165) is 5.56 Å². The molecule has 13 heteroatoms. The molecule has 0 bridgehead atoms. The standard InChI is InChI=1S/C20H24N6O6S/c27-19(28)13-25-9-6-21-17(25)11-24(12-18-22-7-10-26(18)14-20(29)30)8-5-15-1-3-16(4-2-15)23-33(31)32/h1-4,6-7,9-10,23H,5,8,11-14H2,(H,27,28)(H,29,30)(H,31,32)/p-1. The van der Waals surface area contributed by atoms with Gasteiger partial charge in [0.1, 0.15) is 24.7 Å². The molecular weight excluding hydrogens is 452 g/mol. The third-order valence-corrected chi connectivity index (χ3v) is 5.22. The molecule has 3 N–H and O–H groups in total. The molecule has 0 saturated carbocycles. The van der Waals surface area contributed by atoms with E-state index in [2.05, 4.69) is 14.7 Å². The highest BCUT2D eigenvalue weighted by molar-refractivity contribution is 7.80. The molecule has 0 saturated heterocycles. The number of nitrogens with one attached hydrogen (secondary N) is 1. The van der Waals surface area contributed by atoms with Crippen LogP contribution in [0.4, 0.5) is 5.69 Å². The van der Waals surface area contributed by atoms with Gasteiger partial charge in [0.15, 0.2) is 0 Å². The van der Waals surface area contributed by atoms with Crippen molar-refractivity contribution >= 4 is 28.9 Å². The number of aliphatic carboxylic acids is 2. The molecule has 2 aromatic heterocycles. The quantitative estimate of drug-likeness (QED) is 0.302. The van der Waals surface area contributed by atoms with Crippen molar-refractivity contribution in [2.45, 2.75) is 32.6 Å². The summed E-state index contributed by atoms with van der Waals surface area (Å²) < 4.78 is 26.9. The number of aromatic nitrogens is 4. The fourth-order valence-electron chi connectivity index (χ4n) is 3.30. The smallest absolute Gasteiger partial charge is 0.323 e. The minimum atomic E-state index is -2.40. The van der Waals surface area contributed by atoms with Gasteiger partial charge in [-0.1, -0.05) is 12.1 Å². The van der Waals surface area contributed by atoms with Gasteiger partial charge in [0.2, 0.25) is 0 Å². The molecule has 0 fully saturated rings. The summed E-state index contributed by atoms with van der Waals surface area (Å²) in [5.74, 6) is -0.839. The summed E-state index contributed by atoms with van der Waals surface area (Å²) in [7, 11) is 0. The largest absolute Gasteiger partial charge is 0.755 e. The summed E-state index contributed by atoms with van der Waals surface area (Å²) >= 11 is -2.40. The molecule has 3 rings (SSSR count). The molecule has 33 heavy (non-hydrogen) atoms. The Morgan fingerprint density at radius 2 is 1.48 bits per heavy atom. The molecule has 2 heterocycles. The van der Waals surface area contributed by atoms with Gasteiger partial charge in [-0.05, 0) is 24.1 Å². The number of anilines is 1. The lowest BCUT2D eigenvalue weighted by Gasteiger charge is -2.22. The van der Waals surface area contributed by atoms with E-state index in [1.165, 1.54) is 12.4 Å². The molecule has 0 aliphatic carbocycles. The van der Waals surface area contributed by atoms with Gasteiger partial charge in [-0.2, -0.15) is 0 Å². The third kappa shape index (κ3) is 7.52. The van der Waals surface area contributed by atoms with E-state index in [-0.39, 0.29) is 13.1 Å². The first kappa shape index (κ1) is 24.1. The average Bonchev–Trinajstić information content (AvgIpc) is 3.35. The SMILES string of the molecule is O=C(O)Cn1ccnc1CN(CCc1ccc(NS(=O)[O-])cc1)Cc1nccn1CC(=O)O. The maximum atomic E-state index is 11.1. The number of benzene rings is 1. The van der Waals surface area contributed by atoms with Crippen LogP contribution in [0, 0.1) is 0 Å². The topological polar surface area (TPSA) is 166 Å². The van der Waals surface area contributed by atoms with Crippen molar-refractivity contribution in [1.82, 2.24) is 24.0 Å². The summed E-state index contributed by atoms with van der Waals surface area (Å²) in [4.78, 5) is 32.8. The van der Waals surface area contributed by atoms with Crippen LogP contribution < -0.4 is 4.72 Å². The summed E-state index contributed by atoms with van der Waals surface area (Å²) in [5, 5.41) is 18.3. The van der Waals surface area contributed by atoms with Crippen molar-refractivity contribution in [1.29, 1.82) is 0 Å². The maximum Gasteiger partial charge on any atom is 0.323 e. The Hall–Kier alpha value is -3.55. The highest BCUT2D eigenvalue weighted by Gasteiger charge is 2.16. The second-order valence-electron chi connectivity index (χ2n) is 7.22. The van der Waals surface area contributed by atoms with Crippen LogP contribution in [0.3, 0.4) is 0 Å². The highest BCUT2D eigenvalue weighted by atomic mass is 32.2. The van der Waals surface area contributed by atoms with Crippen LogP contribution in [0.1, 0.15) is 17.2 Å². The zero-order valence-corrected chi connectivity index (χ0v) is 18.3. The molecule has 0 aliphatic rings. The van der Waals surface area contributed by atoms with Gasteiger partial charge < -0.3 is 28.6 Å². The molecule has 12 nitrogen and oxygen atoms in total. The van der Waals surface area contributed by atoms with E-state index < -0.39 is 23.2 Å². The molecular formula is C20H23N6O6S-. The van der Waals surface area contributed by atoms with Crippen LogP contribution in [0.5, 0.6) is 0 Å². The first-order valence-corrected chi connectivity index (χ1v) is 11.0. The lowest BCUT2D eigenvalue weighted by Crippen LogP contribution is -2.29. The Kier molecular flexibility index (Phi) is 8.29. The van der Waals surface area contributed by atoms with Gasteiger partial charge >= 0.3 is 11.9 Å². The summed E-state index contributed by atoms with van der Waals surface area (Å²) in [5.41, 5.74) is 1.42. The normalized spacial score (nSPS) is 12.1. The first-order valence-electron chi connectivity index (χ1n) is 9.91. The number of hydrogen-bond donors (Lipinski definition) is 3. The van der Waals surface area contributed by atoms with E-state index in [4.69, 9.17) is 10.2 Å². The molecule has 0 spiro atoms. The van der Waals surface area contributed by atoms with Crippen molar-refractivity contribution in [3.8, 4) is 0 Å². The highest BCUT2D eigenvalue weighted by Crippen LogP contribution is 2.14. The van der Waals surface area contributed by atoms with Gasteiger partial charge in [-0.25, -0.2) is 9.97 Å². The lowest BCUT2D eigenvalue weighted by atomic mass is 10.1. The van der Waals surface area contributed by atoms with Crippen LogP contribution in [0.15, 0.2) is 49.1 Å². The number of carboxylic acids is 2. The van der Waals surface area contributed by atoms with Crippen LogP contribution in [-0.4, -0.2) is 61.5 Å². The molecule has 1 aromatic carbocycles. The van der Waals surface area contributed by atoms with E-state index in [9.17, 15) is 18.4 Å². The van der Waals surface area contributed by atoms with Crippen molar-refractivity contribution in [3.05, 3.63) is 66.3 Å². The molecule has 3 aromatic rings. The van der Waals surface area contributed by atoms with Crippen LogP contribution >= 0.6 is 0 Å². The Bertz CT molecular complexity index is 1060. The predicted octanol–water partition coefficient (Wildman–Crippen LogP) is 0.700. The lowest BCUT2D eigenvalue weighted by molar-refractivity contribution is -0.138. The van der Waals surface area contributed by atoms with Crippen molar-refractivity contribution in [2.24, 2.45) is 0 Å². The molecule has 1 atom stereocenters. The Labute approximate surface area is 191 Å². The minimum absolute atomic E-state index is 0.216. The molecule has 176 valence electrons. The van der Waals surface area contributed by atoms with Crippen molar-refractivity contribution in [2.75, 3.05) is 11.3 Å². The van der Waals surface area contributed by atoms with Crippen molar-refractivity contribution < 1.29 is 28.6 Å². The number of nitrogens with zero attached hydrogens (tertiary/aromatic N) is 5. The van der Waals surface area contributed by atoms with Crippen molar-refractivity contribution in [3.63, 3.8) is 0 Å². The minimum Gasteiger partial charge on any atom is -0.755 e. The van der Waals surface area contributed by atoms with Crippen LogP contribution in [-0.2, 0) is 53.5 Å². The number of carboxylic acid groups (broad SMARTS) is 2. The van der Waals surface area contributed by atoms with Gasteiger partial charge in [0.05, 0.1) is 13.1 Å². The predicted molar refractivity (Wildman–Crippen MR) is 117 cm³/mol. The van der Waals surface area contributed by atoms with E-state index in [1.54, 1.807) is 33.7 Å². The Morgan fingerprint density at radius 1 is 0.970 bits per heavy atom. The van der Waals surface area contributed by atoms with E-state index in [0.29, 0.717) is 43.4 Å². The van der Waals surface area contributed by atoms with Crippen LogP contribution in [0.2, 0.25) is 0 Å². The second kappa shape index (κ2) is 11.4. The van der Waals surface area contributed by atoms with E-state index >= 15 is 0 Å². The number of imidazole rings is 2. The number of hydrogen-bond acceptors (Lipinski definition) is 7. The Morgan fingerprint density at radius 3 is 1.94 bits per heavy atom. The first-order chi connectivity index (χ1) is 15.8. The summed E-state index contributed by atoms with van der Waals surface area (Å²) in [6.45, 7) is 0.767. The number of rotatable bonds is 13. The summed E-state index contributed by atoms with van der Waals surface area (Å²) in [6.07, 6.45) is 6.87. The number of carbonyl (C=O) groups is 2. The third-order valence-electron chi connectivity index (χ3n) is 4.82. The molecule has 0 amide bonds. The monoisotopic (exact) mass is 475 g/mol. The molecule has 1 unspecified atom stereocenters. The van der Waals surface area contributed by atoms with Gasteiger partial charge in [-0.15, -0.1) is 0 Å². The zero-order chi connectivity index (χ0) is 23.8. The van der Waals surface area contributed by atoms with Gasteiger partial charge in [-0.3, -0.25) is 18.7 Å². The fraction of sp³-hybridized carbons (Fsp3) is 0.300. The van der Waals surface area contributed by atoms with E-state index in [1.807, 2.05) is 17.0 Å². The Balaban J connectivity index is 1.74. The summed E-state index contributed by atoms with van der Waals surface area (Å²) in [6, 6.07) is 6.94. The molecule has 0 radical (unpaired) electrons.